The molecule has 0 fully saturated rings. The van der Waals surface area contributed by atoms with Crippen molar-refractivity contribution in [1.29, 1.82) is 0 Å². The number of hydrogen-bond donors (Lipinski definition) is 0. The van der Waals surface area contributed by atoms with Crippen molar-refractivity contribution in [1.82, 2.24) is 4.98 Å². The Labute approximate surface area is 233 Å². The van der Waals surface area contributed by atoms with E-state index < -0.39 is 0 Å². The lowest BCUT2D eigenvalue weighted by Crippen LogP contribution is -1.92. The second kappa shape index (κ2) is 9.18. The van der Waals surface area contributed by atoms with Gasteiger partial charge < -0.3 is 0 Å². The third-order valence-electron chi connectivity index (χ3n) is 8.12. The van der Waals surface area contributed by atoms with E-state index in [9.17, 15) is 0 Å². The van der Waals surface area contributed by atoms with Gasteiger partial charge in [-0.2, -0.15) is 0 Å². The Hall–Kier alpha value is -5.27. The maximum atomic E-state index is 4.61. The molecule has 0 aliphatic heterocycles. The summed E-state index contributed by atoms with van der Waals surface area (Å²) < 4.78 is 0. The first-order valence-electron chi connectivity index (χ1n) is 13.7. The van der Waals surface area contributed by atoms with E-state index >= 15 is 0 Å². The van der Waals surface area contributed by atoms with Crippen LogP contribution in [0, 0.1) is 0 Å². The molecule has 0 unspecified atom stereocenters. The molecule has 0 aliphatic rings. The zero-order valence-corrected chi connectivity index (χ0v) is 21.9. The van der Waals surface area contributed by atoms with Crippen molar-refractivity contribution < 1.29 is 0 Å². The maximum Gasteiger partial charge on any atom is 0.0708 e. The number of benzene rings is 7. The van der Waals surface area contributed by atoms with Gasteiger partial charge >= 0.3 is 0 Å². The molecular weight excluding hydrogens is 482 g/mol. The molecule has 1 heteroatoms. The monoisotopic (exact) mass is 507 g/mol. The predicted molar refractivity (Wildman–Crippen MR) is 171 cm³/mol. The summed E-state index contributed by atoms with van der Waals surface area (Å²) in [6.45, 7) is 0. The van der Waals surface area contributed by atoms with E-state index in [1.54, 1.807) is 0 Å². The van der Waals surface area contributed by atoms with Gasteiger partial charge in [0.05, 0.1) is 5.52 Å². The fourth-order valence-electron chi connectivity index (χ4n) is 6.42. The standard InChI is InChI=1S/C39H25N/c1-2-12-26(13-3-1)38-32-16-6-8-18-34(32)39(35-19-9-7-17-33(35)38)36-24-23-30(27-14-4-5-15-29(27)36)28-20-10-22-37-31(28)21-11-25-40-37/h1-25H. The van der Waals surface area contributed by atoms with Gasteiger partial charge in [0.2, 0.25) is 0 Å². The Balaban J connectivity index is 1.49. The highest BCUT2D eigenvalue weighted by atomic mass is 14.6. The van der Waals surface area contributed by atoms with E-state index in [0.717, 1.165) is 5.52 Å². The average molecular weight is 508 g/mol. The van der Waals surface area contributed by atoms with Crippen LogP contribution in [0.5, 0.6) is 0 Å². The van der Waals surface area contributed by atoms with Gasteiger partial charge in [0.25, 0.3) is 0 Å². The van der Waals surface area contributed by atoms with Gasteiger partial charge in [-0.25, -0.2) is 0 Å². The van der Waals surface area contributed by atoms with Crippen LogP contribution in [0.1, 0.15) is 0 Å². The number of fused-ring (bicyclic) bond motifs is 4. The minimum atomic E-state index is 1.02. The summed E-state index contributed by atoms with van der Waals surface area (Å²) >= 11 is 0. The van der Waals surface area contributed by atoms with Crippen molar-refractivity contribution in [2.75, 3.05) is 0 Å². The van der Waals surface area contributed by atoms with Crippen molar-refractivity contribution in [3.63, 3.8) is 0 Å². The zero-order chi connectivity index (χ0) is 26.5. The smallest absolute Gasteiger partial charge is 0.0708 e. The largest absolute Gasteiger partial charge is 0.256 e. The Morgan fingerprint density at radius 2 is 0.800 bits per heavy atom. The molecule has 0 saturated carbocycles. The Bertz CT molecular complexity index is 2150. The van der Waals surface area contributed by atoms with Gasteiger partial charge in [0.1, 0.15) is 0 Å². The lowest BCUT2D eigenvalue weighted by molar-refractivity contribution is 1.41. The van der Waals surface area contributed by atoms with Crippen LogP contribution < -0.4 is 0 Å². The fourth-order valence-corrected chi connectivity index (χ4v) is 6.42. The Kier molecular flexibility index (Phi) is 5.21. The van der Waals surface area contributed by atoms with E-state index in [1.165, 1.54) is 71.1 Å². The number of nitrogens with zero attached hydrogens (tertiary/aromatic N) is 1. The lowest BCUT2D eigenvalue weighted by Gasteiger charge is -2.20. The van der Waals surface area contributed by atoms with Crippen molar-refractivity contribution in [3.05, 3.63) is 152 Å². The lowest BCUT2D eigenvalue weighted by atomic mass is 9.83. The van der Waals surface area contributed by atoms with Crippen LogP contribution >= 0.6 is 0 Å². The predicted octanol–water partition coefficient (Wildman–Crippen LogP) is 10.7. The van der Waals surface area contributed by atoms with Gasteiger partial charge in [-0.1, -0.05) is 133 Å². The number of pyridine rings is 1. The van der Waals surface area contributed by atoms with Crippen LogP contribution in [-0.4, -0.2) is 4.98 Å². The molecule has 8 rings (SSSR count). The Morgan fingerprint density at radius 1 is 0.300 bits per heavy atom. The number of hydrogen-bond acceptors (Lipinski definition) is 1. The highest BCUT2D eigenvalue weighted by molar-refractivity contribution is 6.24. The molecule has 0 bridgehead atoms. The Morgan fingerprint density at radius 3 is 1.48 bits per heavy atom. The van der Waals surface area contributed by atoms with Crippen molar-refractivity contribution in [2.24, 2.45) is 0 Å². The second-order valence-electron chi connectivity index (χ2n) is 10.3. The van der Waals surface area contributed by atoms with E-state index in [4.69, 9.17) is 0 Å². The molecule has 0 atom stereocenters. The van der Waals surface area contributed by atoms with Crippen molar-refractivity contribution in [2.45, 2.75) is 0 Å². The normalized spacial score (nSPS) is 11.5. The van der Waals surface area contributed by atoms with Gasteiger partial charge in [-0.05, 0) is 77.8 Å². The molecule has 1 aromatic heterocycles. The summed E-state index contributed by atoms with van der Waals surface area (Å²) in [4.78, 5) is 4.61. The molecule has 1 heterocycles. The molecule has 0 spiro atoms. The summed E-state index contributed by atoms with van der Waals surface area (Å²) in [5, 5.41) is 8.76. The first-order chi connectivity index (χ1) is 19.9. The summed E-state index contributed by atoms with van der Waals surface area (Å²) in [5.74, 6) is 0. The molecule has 0 N–H and O–H groups in total. The third kappa shape index (κ3) is 3.45. The summed E-state index contributed by atoms with van der Waals surface area (Å²) in [5.41, 5.74) is 8.53. The number of aromatic nitrogens is 1. The highest BCUT2D eigenvalue weighted by Gasteiger charge is 2.19. The fraction of sp³-hybridized carbons (Fsp3) is 0. The minimum absolute atomic E-state index is 1.02. The molecule has 186 valence electrons. The minimum Gasteiger partial charge on any atom is -0.256 e. The van der Waals surface area contributed by atoms with Crippen LogP contribution in [0.25, 0.3) is 76.6 Å². The molecule has 8 aromatic rings. The van der Waals surface area contributed by atoms with Crippen LogP contribution in [0.2, 0.25) is 0 Å². The molecule has 0 amide bonds. The van der Waals surface area contributed by atoms with Crippen LogP contribution in [0.15, 0.2) is 152 Å². The van der Waals surface area contributed by atoms with Gasteiger partial charge in [-0.3, -0.25) is 4.98 Å². The van der Waals surface area contributed by atoms with Crippen LogP contribution in [0.3, 0.4) is 0 Å². The summed E-state index contributed by atoms with van der Waals surface area (Å²) in [7, 11) is 0. The summed E-state index contributed by atoms with van der Waals surface area (Å²) in [6.07, 6.45) is 1.86. The molecular formula is C39H25N. The van der Waals surface area contributed by atoms with E-state index in [2.05, 4.69) is 145 Å². The second-order valence-corrected chi connectivity index (χ2v) is 10.3. The molecule has 7 aromatic carbocycles. The average Bonchev–Trinajstić information content (AvgIpc) is 3.03. The van der Waals surface area contributed by atoms with E-state index in [1.807, 2.05) is 12.3 Å². The van der Waals surface area contributed by atoms with Crippen molar-refractivity contribution in [3.8, 4) is 33.4 Å². The van der Waals surface area contributed by atoms with Gasteiger partial charge in [0, 0.05) is 11.6 Å². The van der Waals surface area contributed by atoms with Gasteiger partial charge in [0.15, 0.2) is 0 Å². The topological polar surface area (TPSA) is 12.9 Å². The highest BCUT2D eigenvalue weighted by Crippen LogP contribution is 2.46. The quantitative estimate of drug-likeness (QED) is 0.217. The van der Waals surface area contributed by atoms with E-state index in [0.29, 0.717) is 0 Å². The van der Waals surface area contributed by atoms with Crippen LogP contribution in [0.4, 0.5) is 0 Å². The molecule has 40 heavy (non-hydrogen) atoms. The summed E-state index contributed by atoms with van der Waals surface area (Å²) in [6, 6.07) is 52.6. The molecule has 0 aliphatic carbocycles. The third-order valence-corrected chi connectivity index (χ3v) is 8.12. The molecule has 0 radical (unpaired) electrons. The first-order valence-corrected chi connectivity index (χ1v) is 13.7. The SMILES string of the molecule is c1ccc(-c2c3ccccc3c(-c3ccc(-c4cccc5ncccc45)c4ccccc34)c3ccccc23)cc1. The first kappa shape index (κ1) is 22.7. The molecule has 1 nitrogen and oxygen atoms in total. The zero-order valence-electron chi connectivity index (χ0n) is 21.9. The van der Waals surface area contributed by atoms with Crippen molar-refractivity contribution >= 4 is 43.2 Å². The van der Waals surface area contributed by atoms with Gasteiger partial charge in [-0.15, -0.1) is 0 Å². The maximum absolute atomic E-state index is 4.61. The number of rotatable bonds is 3. The molecule has 0 saturated heterocycles. The van der Waals surface area contributed by atoms with Crippen LogP contribution in [-0.2, 0) is 0 Å². The van der Waals surface area contributed by atoms with E-state index in [-0.39, 0.29) is 0 Å².